The molecule has 170 valence electrons. The monoisotopic (exact) mass is 455 g/mol. The highest BCUT2D eigenvalue weighted by molar-refractivity contribution is 5.95. The number of alkyl halides is 3. The number of carbonyl (C=O) groups is 2. The summed E-state index contributed by atoms with van der Waals surface area (Å²) in [4.78, 5) is 24.6. The molecule has 0 saturated heterocycles. The van der Waals surface area contributed by atoms with Gasteiger partial charge < -0.3 is 15.6 Å². The van der Waals surface area contributed by atoms with Gasteiger partial charge in [0.2, 0.25) is 0 Å². The number of aliphatic carboxylic acids is 1. The Morgan fingerprint density at radius 2 is 1.52 bits per heavy atom. The Balaban J connectivity index is 1.55. The molecule has 3 aromatic carbocycles. The molecule has 1 aliphatic carbocycles. The van der Waals surface area contributed by atoms with Crippen molar-refractivity contribution < 1.29 is 32.6 Å². The smallest absolute Gasteiger partial charge is 0.416 e. The van der Waals surface area contributed by atoms with Gasteiger partial charge in [0.15, 0.2) is 5.92 Å². The normalized spacial score (nSPS) is 14.8. The van der Waals surface area contributed by atoms with Crippen LogP contribution in [0.15, 0.2) is 72.8 Å². The average molecular weight is 455 g/mol. The van der Waals surface area contributed by atoms with E-state index in [9.17, 15) is 27.9 Å². The molecule has 8 heteroatoms. The van der Waals surface area contributed by atoms with Crippen molar-refractivity contribution in [3.05, 3.63) is 95.1 Å². The summed E-state index contributed by atoms with van der Waals surface area (Å²) in [7, 11) is 0. The van der Waals surface area contributed by atoms with E-state index in [2.05, 4.69) is 0 Å². The number of rotatable bonds is 6. The molecule has 0 spiro atoms. The summed E-state index contributed by atoms with van der Waals surface area (Å²) in [6, 6.07) is 17.7. The zero-order valence-corrected chi connectivity index (χ0v) is 17.3. The summed E-state index contributed by atoms with van der Waals surface area (Å²) in [6.45, 7) is -0.119. The van der Waals surface area contributed by atoms with E-state index in [1.54, 1.807) is 0 Å². The first-order valence-corrected chi connectivity index (χ1v) is 10.2. The van der Waals surface area contributed by atoms with Crippen LogP contribution in [0.5, 0.6) is 0 Å². The van der Waals surface area contributed by atoms with Crippen LogP contribution in [0.1, 0.15) is 34.2 Å². The van der Waals surface area contributed by atoms with Gasteiger partial charge in [0.05, 0.1) is 11.6 Å². The lowest BCUT2D eigenvalue weighted by Crippen LogP contribution is -2.36. The highest BCUT2D eigenvalue weighted by atomic mass is 19.4. The average Bonchev–Trinajstić information content (AvgIpc) is 3.11. The van der Waals surface area contributed by atoms with Crippen LogP contribution in [-0.4, -0.2) is 23.7 Å². The second kappa shape index (κ2) is 8.71. The van der Waals surface area contributed by atoms with Crippen LogP contribution >= 0.6 is 0 Å². The van der Waals surface area contributed by atoms with Crippen LogP contribution in [-0.2, 0) is 20.5 Å². The summed E-state index contributed by atoms with van der Waals surface area (Å²) < 4.78 is 44.5. The number of nitrogens with two attached hydrogens (primary N) is 1. The number of fused-ring (bicyclic) bond motifs is 3. The number of hydrogen-bond donors (Lipinski definition) is 2. The quantitative estimate of drug-likeness (QED) is 0.413. The van der Waals surface area contributed by atoms with Gasteiger partial charge in [-0.2, -0.15) is 13.2 Å². The third kappa shape index (κ3) is 4.34. The van der Waals surface area contributed by atoms with E-state index in [4.69, 9.17) is 10.5 Å². The van der Waals surface area contributed by atoms with E-state index in [1.165, 1.54) is 6.07 Å². The Hall–Kier alpha value is -3.65. The molecule has 1 aliphatic rings. The maximum atomic E-state index is 13.0. The van der Waals surface area contributed by atoms with Gasteiger partial charge in [-0.3, -0.25) is 9.59 Å². The topological polar surface area (TPSA) is 89.6 Å². The minimum atomic E-state index is -4.63. The van der Waals surface area contributed by atoms with Crippen LogP contribution in [0.3, 0.4) is 0 Å². The fraction of sp³-hybridized carbons (Fsp3) is 0.200. The van der Waals surface area contributed by atoms with Crippen molar-refractivity contribution in [1.82, 2.24) is 0 Å². The zero-order valence-electron chi connectivity index (χ0n) is 17.3. The van der Waals surface area contributed by atoms with Gasteiger partial charge in [0, 0.05) is 5.92 Å². The Morgan fingerprint density at radius 3 is 2.06 bits per heavy atom. The predicted octanol–water partition coefficient (Wildman–Crippen LogP) is 4.76. The van der Waals surface area contributed by atoms with Gasteiger partial charge in [-0.25, -0.2) is 0 Å². The molecule has 0 amide bonds. The van der Waals surface area contributed by atoms with Crippen molar-refractivity contribution >= 4 is 11.9 Å². The summed E-state index contributed by atoms with van der Waals surface area (Å²) in [5.41, 5.74) is 8.74. The van der Waals surface area contributed by atoms with Crippen molar-refractivity contribution in [2.24, 2.45) is 11.7 Å². The standard InChI is InChI=1S/C25H20F3NO4/c26-25(27,28)15-7-5-6-14(12-15)22(29)21(23(30)31)24(32)33-13-20-18-10-3-1-8-16(18)17-9-2-4-11-19(17)20/h1-12,20-22H,13,29H2,(H,30,31). The molecule has 3 N–H and O–H groups in total. The Morgan fingerprint density at radius 1 is 0.939 bits per heavy atom. The van der Waals surface area contributed by atoms with Gasteiger partial charge >= 0.3 is 18.1 Å². The van der Waals surface area contributed by atoms with Crippen LogP contribution in [0.2, 0.25) is 0 Å². The second-order valence-corrected chi connectivity index (χ2v) is 7.82. The number of esters is 1. The highest BCUT2D eigenvalue weighted by Crippen LogP contribution is 2.44. The van der Waals surface area contributed by atoms with Crippen molar-refractivity contribution in [3.63, 3.8) is 0 Å². The summed E-state index contributed by atoms with van der Waals surface area (Å²) in [5.74, 6) is -4.83. The Labute approximate surface area is 187 Å². The molecule has 0 radical (unpaired) electrons. The molecule has 2 atom stereocenters. The molecule has 0 saturated carbocycles. The molecular formula is C25H20F3NO4. The largest absolute Gasteiger partial charge is 0.481 e. The number of hydrogen-bond acceptors (Lipinski definition) is 4. The van der Waals surface area contributed by atoms with Crippen molar-refractivity contribution in [2.45, 2.75) is 18.1 Å². The number of ether oxygens (including phenoxy) is 1. The Bertz CT molecular complexity index is 1160. The molecule has 0 aliphatic heterocycles. The third-order valence-electron chi connectivity index (χ3n) is 5.83. The molecule has 0 aromatic heterocycles. The van der Waals surface area contributed by atoms with Crippen LogP contribution in [0.4, 0.5) is 13.2 Å². The first kappa shape index (κ1) is 22.5. The number of benzene rings is 3. The number of carbonyl (C=O) groups excluding carboxylic acids is 1. The minimum Gasteiger partial charge on any atom is -0.481 e. The molecule has 4 rings (SSSR count). The maximum Gasteiger partial charge on any atom is 0.416 e. The molecule has 0 bridgehead atoms. The summed E-state index contributed by atoms with van der Waals surface area (Å²) >= 11 is 0. The first-order chi connectivity index (χ1) is 15.7. The second-order valence-electron chi connectivity index (χ2n) is 7.82. The fourth-order valence-electron chi connectivity index (χ4n) is 4.21. The number of carboxylic acid groups (broad SMARTS) is 1. The number of carboxylic acids is 1. The van der Waals surface area contributed by atoms with E-state index < -0.39 is 35.6 Å². The molecule has 5 nitrogen and oxygen atoms in total. The molecule has 0 heterocycles. The molecule has 2 unspecified atom stereocenters. The van der Waals surface area contributed by atoms with E-state index in [1.807, 2.05) is 48.5 Å². The van der Waals surface area contributed by atoms with Gasteiger partial charge in [-0.1, -0.05) is 60.7 Å². The van der Waals surface area contributed by atoms with Crippen LogP contribution < -0.4 is 5.73 Å². The molecular weight excluding hydrogens is 435 g/mol. The van der Waals surface area contributed by atoms with Crippen molar-refractivity contribution in [2.75, 3.05) is 6.61 Å². The molecule has 33 heavy (non-hydrogen) atoms. The highest BCUT2D eigenvalue weighted by Gasteiger charge is 2.38. The van der Waals surface area contributed by atoms with Gasteiger partial charge in [-0.05, 0) is 39.9 Å². The summed E-state index contributed by atoms with van der Waals surface area (Å²) in [6.07, 6.45) is -4.63. The van der Waals surface area contributed by atoms with Crippen LogP contribution in [0.25, 0.3) is 11.1 Å². The summed E-state index contributed by atoms with van der Waals surface area (Å²) in [5, 5.41) is 9.61. The lowest BCUT2D eigenvalue weighted by Gasteiger charge is -2.21. The molecule has 3 aromatic rings. The number of halogens is 3. The van der Waals surface area contributed by atoms with E-state index in [0.29, 0.717) is 0 Å². The van der Waals surface area contributed by atoms with Crippen molar-refractivity contribution in [1.29, 1.82) is 0 Å². The van der Waals surface area contributed by atoms with E-state index in [-0.39, 0.29) is 18.1 Å². The molecule has 0 fully saturated rings. The van der Waals surface area contributed by atoms with Gasteiger partial charge in [0.25, 0.3) is 0 Å². The maximum absolute atomic E-state index is 13.0. The van der Waals surface area contributed by atoms with Crippen molar-refractivity contribution in [3.8, 4) is 11.1 Å². The SMILES string of the molecule is NC(c1cccc(C(F)(F)F)c1)C(C(=O)O)C(=O)OCC1c2ccccc2-c2ccccc21. The zero-order chi connectivity index (χ0) is 23.8. The van der Waals surface area contributed by atoms with Gasteiger partial charge in [-0.15, -0.1) is 0 Å². The Kier molecular flexibility index (Phi) is 5.95. The first-order valence-electron chi connectivity index (χ1n) is 10.2. The van der Waals surface area contributed by atoms with E-state index >= 15 is 0 Å². The van der Waals surface area contributed by atoms with Gasteiger partial charge in [0.1, 0.15) is 6.61 Å². The lowest BCUT2D eigenvalue weighted by atomic mass is 9.92. The predicted molar refractivity (Wildman–Crippen MR) is 114 cm³/mol. The van der Waals surface area contributed by atoms with Crippen LogP contribution in [0, 0.1) is 5.92 Å². The van der Waals surface area contributed by atoms with E-state index in [0.717, 1.165) is 40.5 Å². The lowest BCUT2D eigenvalue weighted by molar-refractivity contribution is -0.160. The fourth-order valence-corrected chi connectivity index (χ4v) is 4.21. The third-order valence-corrected chi connectivity index (χ3v) is 5.83. The minimum absolute atomic E-state index is 0.119.